The molecule has 5 nitrogen and oxygen atoms in total. The Morgan fingerprint density at radius 3 is 2.58 bits per heavy atom. The lowest BCUT2D eigenvalue weighted by Gasteiger charge is -2.30. The van der Waals surface area contributed by atoms with E-state index in [1.165, 1.54) is 0 Å². The van der Waals surface area contributed by atoms with Gasteiger partial charge in [0.2, 0.25) is 5.91 Å². The molecule has 0 aromatic carbocycles. The molecule has 0 aromatic heterocycles. The van der Waals surface area contributed by atoms with Crippen molar-refractivity contribution in [1.82, 2.24) is 10.6 Å². The summed E-state index contributed by atoms with van der Waals surface area (Å²) in [5, 5.41) is 6.02. The van der Waals surface area contributed by atoms with Crippen LogP contribution in [0.15, 0.2) is 0 Å². The lowest BCUT2D eigenvalue weighted by molar-refractivity contribution is -0.119. The molecule has 1 amide bonds. The van der Waals surface area contributed by atoms with Crippen molar-refractivity contribution in [2.45, 2.75) is 33.2 Å². The molecular weight excluding hydrogens is 288 g/mol. The number of sulfone groups is 1. The number of nitrogens with one attached hydrogen (secondary N) is 2. The van der Waals surface area contributed by atoms with E-state index in [4.69, 9.17) is 0 Å². The van der Waals surface area contributed by atoms with Crippen LogP contribution in [0, 0.1) is 11.8 Å². The summed E-state index contributed by atoms with van der Waals surface area (Å²) < 4.78 is 23.4. The van der Waals surface area contributed by atoms with E-state index in [1.807, 2.05) is 13.8 Å². The topological polar surface area (TPSA) is 75.3 Å². The van der Waals surface area contributed by atoms with Gasteiger partial charge in [0, 0.05) is 12.6 Å². The van der Waals surface area contributed by atoms with E-state index in [0.717, 1.165) is 19.5 Å². The smallest absolute Gasteiger partial charge is 0.235 e. The fraction of sp³-hybridized carbons (Fsp3) is 0.917. The molecule has 114 valence electrons. The first-order valence-corrected chi connectivity index (χ1v) is 8.33. The van der Waals surface area contributed by atoms with Crippen LogP contribution in [0.2, 0.25) is 0 Å². The van der Waals surface area contributed by atoms with E-state index in [1.54, 1.807) is 0 Å². The predicted molar refractivity (Wildman–Crippen MR) is 79.3 cm³/mol. The Hall–Kier alpha value is -0.330. The highest BCUT2D eigenvalue weighted by Gasteiger charge is 2.25. The Labute approximate surface area is 122 Å². The van der Waals surface area contributed by atoms with Crippen molar-refractivity contribution in [3.8, 4) is 0 Å². The number of carbonyl (C=O) groups is 1. The largest absolute Gasteiger partial charge is 0.351 e. The van der Waals surface area contributed by atoms with Gasteiger partial charge in [0.1, 0.15) is 5.75 Å². The first kappa shape index (κ1) is 18.7. The molecule has 0 aromatic rings. The molecule has 7 heteroatoms. The Balaban J connectivity index is 0.00000324. The minimum absolute atomic E-state index is 0. The number of amides is 1. The van der Waals surface area contributed by atoms with Crippen molar-refractivity contribution in [2.75, 3.05) is 24.6 Å². The molecule has 2 atom stereocenters. The summed E-state index contributed by atoms with van der Waals surface area (Å²) in [7, 11) is -3.28. The zero-order valence-corrected chi connectivity index (χ0v) is 13.4. The minimum atomic E-state index is -3.28. The van der Waals surface area contributed by atoms with Gasteiger partial charge in [-0.2, -0.15) is 0 Å². The van der Waals surface area contributed by atoms with Crippen molar-refractivity contribution in [3.63, 3.8) is 0 Å². The number of halogens is 1. The molecule has 1 aliphatic rings. The van der Waals surface area contributed by atoms with Crippen molar-refractivity contribution in [3.05, 3.63) is 0 Å². The van der Waals surface area contributed by atoms with Gasteiger partial charge in [0.25, 0.3) is 0 Å². The molecule has 1 fully saturated rings. The van der Waals surface area contributed by atoms with E-state index in [9.17, 15) is 13.2 Å². The zero-order chi connectivity index (χ0) is 13.8. The first-order chi connectivity index (χ1) is 8.30. The Morgan fingerprint density at radius 2 is 2.05 bits per heavy atom. The second-order valence-corrected chi connectivity index (χ2v) is 7.70. The average Bonchev–Trinajstić information content (AvgIpc) is 2.18. The Morgan fingerprint density at radius 1 is 1.42 bits per heavy atom. The van der Waals surface area contributed by atoms with Gasteiger partial charge < -0.3 is 10.6 Å². The molecule has 1 rings (SSSR count). The second-order valence-electron chi connectivity index (χ2n) is 5.59. The summed E-state index contributed by atoms with van der Waals surface area (Å²) in [4.78, 5) is 11.7. The van der Waals surface area contributed by atoms with Crippen molar-refractivity contribution in [1.29, 1.82) is 0 Å². The second kappa shape index (κ2) is 8.07. The van der Waals surface area contributed by atoms with Gasteiger partial charge in [-0.25, -0.2) is 8.42 Å². The Kier molecular flexibility index (Phi) is 7.93. The van der Waals surface area contributed by atoms with E-state index < -0.39 is 15.6 Å². The molecule has 2 N–H and O–H groups in total. The minimum Gasteiger partial charge on any atom is -0.351 e. The van der Waals surface area contributed by atoms with Crippen LogP contribution in [0.5, 0.6) is 0 Å². The summed E-state index contributed by atoms with van der Waals surface area (Å²) >= 11 is 0. The van der Waals surface area contributed by atoms with Crippen LogP contribution >= 0.6 is 12.4 Å². The highest BCUT2D eigenvalue weighted by molar-refractivity contribution is 7.92. The SMILES string of the molecule is CC(C)CS(=O)(=O)CC(=O)NC1CNCCC1C.Cl. The van der Waals surface area contributed by atoms with Gasteiger partial charge in [-0.1, -0.05) is 20.8 Å². The molecule has 1 aliphatic heterocycles. The first-order valence-electron chi connectivity index (χ1n) is 6.50. The van der Waals surface area contributed by atoms with E-state index >= 15 is 0 Å². The normalized spacial score (nSPS) is 23.8. The van der Waals surface area contributed by atoms with Gasteiger partial charge in [-0.15, -0.1) is 12.4 Å². The fourth-order valence-electron chi connectivity index (χ4n) is 2.20. The zero-order valence-electron chi connectivity index (χ0n) is 11.8. The number of hydrogen-bond donors (Lipinski definition) is 2. The molecule has 0 saturated carbocycles. The number of piperidine rings is 1. The molecule has 1 saturated heterocycles. The van der Waals surface area contributed by atoms with Crippen LogP contribution in [0.3, 0.4) is 0 Å². The van der Waals surface area contributed by atoms with Crippen LogP contribution in [-0.2, 0) is 14.6 Å². The maximum Gasteiger partial charge on any atom is 0.235 e. The highest BCUT2D eigenvalue weighted by atomic mass is 35.5. The lowest BCUT2D eigenvalue weighted by Crippen LogP contribution is -2.51. The highest BCUT2D eigenvalue weighted by Crippen LogP contribution is 2.11. The monoisotopic (exact) mass is 312 g/mol. The summed E-state index contributed by atoms with van der Waals surface area (Å²) in [6.45, 7) is 7.43. The summed E-state index contributed by atoms with van der Waals surface area (Å²) in [6, 6.07) is 0.0421. The molecule has 0 aliphatic carbocycles. The van der Waals surface area contributed by atoms with Gasteiger partial charge in [0.15, 0.2) is 9.84 Å². The molecule has 19 heavy (non-hydrogen) atoms. The quantitative estimate of drug-likeness (QED) is 0.779. The Bertz CT molecular complexity index is 384. The summed E-state index contributed by atoms with van der Waals surface area (Å²) in [6.07, 6.45) is 1.00. The van der Waals surface area contributed by atoms with Crippen LogP contribution in [-0.4, -0.2) is 45.0 Å². The van der Waals surface area contributed by atoms with E-state index in [-0.39, 0.29) is 36.0 Å². The van der Waals surface area contributed by atoms with Crippen molar-refractivity contribution >= 4 is 28.2 Å². The maximum absolute atomic E-state index is 11.7. The molecular formula is C12H25ClN2O3S. The molecule has 0 radical (unpaired) electrons. The molecule has 1 heterocycles. The molecule has 2 unspecified atom stereocenters. The number of hydrogen-bond acceptors (Lipinski definition) is 4. The third-order valence-corrected chi connectivity index (χ3v) is 4.99. The van der Waals surface area contributed by atoms with Crippen LogP contribution in [0.4, 0.5) is 0 Å². The number of rotatable bonds is 5. The van der Waals surface area contributed by atoms with Gasteiger partial charge in [-0.3, -0.25) is 4.79 Å². The van der Waals surface area contributed by atoms with Crippen LogP contribution in [0.25, 0.3) is 0 Å². The summed E-state index contributed by atoms with van der Waals surface area (Å²) in [5.41, 5.74) is 0. The van der Waals surface area contributed by atoms with Crippen LogP contribution < -0.4 is 10.6 Å². The third-order valence-electron chi connectivity index (χ3n) is 3.11. The van der Waals surface area contributed by atoms with Crippen molar-refractivity contribution in [2.24, 2.45) is 11.8 Å². The van der Waals surface area contributed by atoms with Crippen molar-refractivity contribution < 1.29 is 13.2 Å². The predicted octanol–water partition coefficient (Wildman–Crippen LogP) is 0.593. The third kappa shape index (κ3) is 7.13. The summed E-state index contributed by atoms with van der Waals surface area (Å²) in [5.74, 6) is -0.259. The lowest BCUT2D eigenvalue weighted by atomic mass is 9.95. The fourth-order valence-corrected chi connectivity index (χ4v) is 3.81. The maximum atomic E-state index is 11.7. The standard InChI is InChI=1S/C12H24N2O3S.ClH/c1-9(2)7-18(16,17)8-12(15)14-11-6-13-5-4-10(11)3;/h9-11,13H,4-8H2,1-3H3,(H,14,15);1H. The molecule has 0 bridgehead atoms. The van der Waals surface area contributed by atoms with E-state index in [0.29, 0.717) is 5.92 Å². The van der Waals surface area contributed by atoms with Gasteiger partial charge >= 0.3 is 0 Å². The van der Waals surface area contributed by atoms with Gasteiger partial charge in [0.05, 0.1) is 5.75 Å². The van der Waals surface area contributed by atoms with Crippen LogP contribution in [0.1, 0.15) is 27.2 Å². The number of carbonyl (C=O) groups excluding carboxylic acids is 1. The van der Waals surface area contributed by atoms with Gasteiger partial charge in [-0.05, 0) is 24.8 Å². The molecule has 0 spiro atoms. The average molecular weight is 313 g/mol. The van der Waals surface area contributed by atoms with E-state index in [2.05, 4.69) is 17.6 Å².